The Morgan fingerprint density at radius 1 is 1.50 bits per heavy atom. The van der Waals surface area contributed by atoms with Gasteiger partial charge in [-0.2, -0.15) is 0 Å². The molecule has 0 saturated carbocycles. The van der Waals surface area contributed by atoms with Gasteiger partial charge in [0.1, 0.15) is 5.88 Å². The predicted octanol–water partition coefficient (Wildman–Crippen LogP) is 2.12. The van der Waals surface area contributed by atoms with E-state index in [-0.39, 0.29) is 16.9 Å². The van der Waals surface area contributed by atoms with Gasteiger partial charge in [0.05, 0.1) is 5.69 Å². The Labute approximate surface area is 105 Å². The number of hydrogen-bond acceptors (Lipinski definition) is 2. The lowest BCUT2D eigenvalue weighted by molar-refractivity contribution is -0.115. The van der Waals surface area contributed by atoms with Crippen LogP contribution in [0.25, 0.3) is 0 Å². The molecule has 1 aromatic rings. The van der Waals surface area contributed by atoms with Gasteiger partial charge in [-0.25, -0.2) is 0 Å². The number of alkyl halides is 1. The second-order valence-corrected chi connectivity index (χ2v) is 4.18. The van der Waals surface area contributed by atoms with E-state index in [1.165, 1.54) is 4.90 Å². The summed E-state index contributed by atoms with van der Waals surface area (Å²) < 4.78 is 0. The Morgan fingerprint density at radius 3 is 2.62 bits per heavy atom. The quantitative estimate of drug-likeness (QED) is 0.651. The van der Waals surface area contributed by atoms with Crippen molar-refractivity contribution in [1.29, 1.82) is 0 Å². The van der Waals surface area contributed by atoms with Crippen LogP contribution >= 0.6 is 23.8 Å². The fourth-order valence-electron chi connectivity index (χ4n) is 1.40. The van der Waals surface area contributed by atoms with Gasteiger partial charge in [-0.3, -0.25) is 9.69 Å². The third-order valence-corrected chi connectivity index (χ3v) is 2.60. The molecule has 0 radical (unpaired) electrons. The molecule has 0 saturated heterocycles. The maximum Gasteiger partial charge on any atom is 0.248 e. The normalized spacial score (nSPS) is 9.94. The van der Waals surface area contributed by atoms with Crippen LogP contribution in [0.1, 0.15) is 11.1 Å². The summed E-state index contributed by atoms with van der Waals surface area (Å²) >= 11 is 10.4. The molecule has 1 rings (SSSR count). The summed E-state index contributed by atoms with van der Waals surface area (Å²) in [6.07, 6.45) is 0. The molecule has 0 aromatic heterocycles. The van der Waals surface area contributed by atoms with Crippen LogP contribution in [0.4, 0.5) is 5.69 Å². The molecule has 0 aliphatic carbocycles. The number of nitrogens with two attached hydrogens (primary N) is 1. The first-order valence-corrected chi connectivity index (χ1v) is 5.67. The van der Waals surface area contributed by atoms with E-state index >= 15 is 0 Å². The number of aryl methyl sites for hydroxylation is 2. The molecule has 0 aliphatic rings. The Morgan fingerprint density at radius 2 is 2.12 bits per heavy atom. The van der Waals surface area contributed by atoms with Crippen molar-refractivity contribution in [3.8, 4) is 0 Å². The average molecular weight is 257 g/mol. The molecule has 1 amide bonds. The van der Waals surface area contributed by atoms with Crippen molar-refractivity contribution in [1.82, 2.24) is 0 Å². The minimum atomic E-state index is -0.317. The highest BCUT2D eigenvalue weighted by Crippen LogP contribution is 2.21. The third kappa shape index (κ3) is 2.71. The van der Waals surface area contributed by atoms with Crippen molar-refractivity contribution in [3.63, 3.8) is 0 Å². The zero-order valence-electron chi connectivity index (χ0n) is 9.16. The first-order valence-electron chi connectivity index (χ1n) is 4.73. The number of benzene rings is 1. The topological polar surface area (TPSA) is 46.3 Å². The largest absolute Gasteiger partial charge is 0.376 e. The summed E-state index contributed by atoms with van der Waals surface area (Å²) in [6, 6.07) is 5.73. The molecule has 0 heterocycles. The van der Waals surface area contributed by atoms with Crippen molar-refractivity contribution in [2.75, 3.05) is 10.8 Å². The Bertz CT molecular complexity index is 434. The number of carbonyl (C=O) groups is 1. The molecule has 3 nitrogen and oxygen atoms in total. The number of amides is 1. The van der Waals surface area contributed by atoms with Gasteiger partial charge in [-0.15, -0.1) is 11.6 Å². The molecule has 16 heavy (non-hydrogen) atoms. The van der Waals surface area contributed by atoms with Crippen LogP contribution in [0.15, 0.2) is 18.2 Å². The fourth-order valence-corrected chi connectivity index (χ4v) is 1.72. The van der Waals surface area contributed by atoms with Crippen LogP contribution < -0.4 is 10.6 Å². The van der Waals surface area contributed by atoms with E-state index < -0.39 is 0 Å². The second-order valence-electron chi connectivity index (χ2n) is 3.49. The fraction of sp³-hybridized carbons (Fsp3) is 0.273. The molecule has 0 fully saturated rings. The van der Waals surface area contributed by atoms with Gasteiger partial charge in [-0.1, -0.05) is 12.1 Å². The van der Waals surface area contributed by atoms with E-state index in [2.05, 4.69) is 0 Å². The van der Waals surface area contributed by atoms with Gasteiger partial charge in [0.25, 0.3) is 0 Å². The van der Waals surface area contributed by atoms with Crippen LogP contribution in [0.5, 0.6) is 0 Å². The number of carbonyl (C=O) groups excluding carboxylic acids is 1. The summed E-state index contributed by atoms with van der Waals surface area (Å²) in [5, 5.41) is 0.0133. The molecule has 0 aliphatic heterocycles. The van der Waals surface area contributed by atoms with E-state index in [0.29, 0.717) is 5.69 Å². The van der Waals surface area contributed by atoms with Crippen LogP contribution in [0.2, 0.25) is 0 Å². The maximum absolute atomic E-state index is 11.6. The first kappa shape index (κ1) is 12.9. The average Bonchev–Trinajstić information content (AvgIpc) is 2.22. The van der Waals surface area contributed by atoms with Gasteiger partial charge in [0.2, 0.25) is 5.91 Å². The number of rotatable bonds is 2. The standard InChI is InChI=1S/C11H13ClN2OS/c1-7-3-4-8(2)9(5-7)14(11(13)16)10(15)6-12/h3-5H,6H2,1-2H3,(H2,13,16). The summed E-state index contributed by atoms with van der Waals surface area (Å²) in [5.74, 6) is -0.465. The lowest BCUT2D eigenvalue weighted by Gasteiger charge is -2.22. The highest BCUT2D eigenvalue weighted by atomic mass is 35.5. The molecular weight excluding hydrogens is 244 g/mol. The Hall–Kier alpha value is -1.13. The van der Waals surface area contributed by atoms with Crippen molar-refractivity contribution in [2.24, 2.45) is 5.73 Å². The molecule has 0 atom stereocenters. The Kier molecular flexibility index (Phi) is 4.26. The van der Waals surface area contributed by atoms with Crippen LogP contribution in [-0.2, 0) is 4.79 Å². The van der Waals surface area contributed by atoms with E-state index in [9.17, 15) is 4.79 Å². The zero-order chi connectivity index (χ0) is 12.3. The van der Waals surface area contributed by atoms with E-state index in [0.717, 1.165) is 11.1 Å². The van der Waals surface area contributed by atoms with Gasteiger partial charge in [-0.05, 0) is 43.3 Å². The minimum absolute atomic E-state index is 0.0133. The lowest BCUT2D eigenvalue weighted by Crippen LogP contribution is -2.41. The first-order chi connectivity index (χ1) is 7.47. The van der Waals surface area contributed by atoms with Gasteiger partial charge in [0.15, 0.2) is 5.11 Å². The summed E-state index contributed by atoms with van der Waals surface area (Å²) in [4.78, 5) is 12.9. The van der Waals surface area contributed by atoms with Gasteiger partial charge < -0.3 is 5.73 Å². The van der Waals surface area contributed by atoms with Crippen molar-refractivity contribution in [3.05, 3.63) is 29.3 Å². The van der Waals surface area contributed by atoms with Crippen molar-refractivity contribution in [2.45, 2.75) is 13.8 Å². The van der Waals surface area contributed by atoms with Crippen molar-refractivity contribution >= 4 is 40.5 Å². The van der Waals surface area contributed by atoms with E-state index in [1.54, 1.807) is 0 Å². The zero-order valence-corrected chi connectivity index (χ0v) is 10.7. The highest BCUT2D eigenvalue weighted by molar-refractivity contribution is 7.80. The Balaban J connectivity index is 3.25. The SMILES string of the molecule is Cc1ccc(C)c(N(C(=O)CCl)C(N)=S)c1. The molecule has 2 N–H and O–H groups in total. The molecular formula is C11H13ClN2OS. The van der Waals surface area contributed by atoms with Crippen molar-refractivity contribution < 1.29 is 4.79 Å². The predicted molar refractivity (Wildman–Crippen MR) is 70.9 cm³/mol. The smallest absolute Gasteiger partial charge is 0.248 e. The lowest BCUT2D eigenvalue weighted by atomic mass is 10.1. The molecule has 0 spiro atoms. The summed E-state index contributed by atoms with van der Waals surface area (Å²) in [5.41, 5.74) is 8.19. The number of nitrogens with zero attached hydrogens (tertiary/aromatic N) is 1. The van der Waals surface area contributed by atoms with Crippen LogP contribution in [0.3, 0.4) is 0 Å². The summed E-state index contributed by atoms with van der Waals surface area (Å²) in [6.45, 7) is 3.83. The van der Waals surface area contributed by atoms with Crippen LogP contribution in [0, 0.1) is 13.8 Å². The minimum Gasteiger partial charge on any atom is -0.376 e. The number of hydrogen-bond donors (Lipinski definition) is 1. The molecule has 0 unspecified atom stereocenters. The van der Waals surface area contributed by atoms with Gasteiger partial charge in [0, 0.05) is 0 Å². The third-order valence-electron chi connectivity index (χ3n) is 2.19. The monoisotopic (exact) mass is 256 g/mol. The second kappa shape index (κ2) is 5.27. The molecule has 1 aromatic carbocycles. The van der Waals surface area contributed by atoms with Crippen LogP contribution in [-0.4, -0.2) is 16.9 Å². The molecule has 86 valence electrons. The van der Waals surface area contributed by atoms with E-state index in [1.807, 2.05) is 32.0 Å². The number of thiocarbonyl (C=S) groups is 1. The molecule has 5 heteroatoms. The number of anilines is 1. The highest BCUT2D eigenvalue weighted by Gasteiger charge is 2.19. The molecule has 0 bridgehead atoms. The maximum atomic E-state index is 11.6. The summed E-state index contributed by atoms with van der Waals surface area (Å²) in [7, 11) is 0. The van der Waals surface area contributed by atoms with Gasteiger partial charge >= 0.3 is 0 Å². The van der Waals surface area contributed by atoms with E-state index in [4.69, 9.17) is 29.6 Å². The number of halogens is 1.